The van der Waals surface area contributed by atoms with E-state index in [-0.39, 0.29) is 16.2 Å². The zero-order valence-corrected chi connectivity index (χ0v) is 19.7. The van der Waals surface area contributed by atoms with Crippen LogP contribution in [0.1, 0.15) is 30.4 Å². The van der Waals surface area contributed by atoms with Crippen molar-refractivity contribution in [2.75, 3.05) is 46.1 Å². The number of carbonyl (C=O) groups is 1. The van der Waals surface area contributed by atoms with Crippen LogP contribution < -0.4 is 5.32 Å². The molecular weight excluding hydrogens is 440 g/mol. The SMILES string of the molecule is O=C(CCc1ccc(S(=O)(=O)N2CCOCC2)cc1)NCC1(c2ccccc2)CCOCC1. The molecule has 2 aromatic rings. The van der Waals surface area contributed by atoms with Gasteiger partial charge in [0.25, 0.3) is 0 Å². The van der Waals surface area contributed by atoms with E-state index in [1.807, 2.05) is 18.2 Å². The molecule has 2 fully saturated rings. The fourth-order valence-corrected chi connectivity index (χ4v) is 5.91. The van der Waals surface area contributed by atoms with Gasteiger partial charge in [-0.25, -0.2) is 8.42 Å². The molecule has 0 bridgehead atoms. The number of ether oxygens (including phenoxy) is 2. The van der Waals surface area contributed by atoms with Crippen molar-refractivity contribution in [1.29, 1.82) is 0 Å². The third kappa shape index (κ3) is 5.81. The lowest BCUT2D eigenvalue weighted by Gasteiger charge is -2.38. The van der Waals surface area contributed by atoms with Gasteiger partial charge in [-0.2, -0.15) is 4.31 Å². The number of sulfonamides is 1. The first-order valence-corrected chi connectivity index (χ1v) is 13.0. The molecule has 0 aromatic heterocycles. The summed E-state index contributed by atoms with van der Waals surface area (Å²) in [7, 11) is -3.50. The van der Waals surface area contributed by atoms with Crippen LogP contribution in [0.15, 0.2) is 59.5 Å². The largest absolute Gasteiger partial charge is 0.381 e. The summed E-state index contributed by atoms with van der Waals surface area (Å²) in [6, 6.07) is 17.2. The molecule has 0 atom stereocenters. The Morgan fingerprint density at radius 3 is 2.21 bits per heavy atom. The quantitative estimate of drug-likeness (QED) is 0.638. The standard InChI is InChI=1S/C25H32N2O5S/c28-24(26-20-25(12-16-31-17-13-25)22-4-2-1-3-5-22)11-8-21-6-9-23(10-7-21)33(29,30)27-14-18-32-19-15-27/h1-7,9-10H,8,11-20H2,(H,26,28). The van der Waals surface area contributed by atoms with Gasteiger partial charge in [0, 0.05) is 44.7 Å². The number of rotatable bonds is 8. The Balaban J connectivity index is 1.31. The van der Waals surface area contributed by atoms with Crippen LogP contribution in [0, 0.1) is 0 Å². The maximum atomic E-state index is 12.7. The van der Waals surface area contributed by atoms with Crippen molar-refractivity contribution >= 4 is 15.9 Å². The van der Waals surface area contributed by atoms with Crippen molar-refractivity contribution < 1.29 is 22.7 Å². The van der Waals surface area contributed by atoms with Gasteiger partial charge in [-0.3, -0.25) is 4.79 Å². The molecule has 0 unspecified atom stereocenters. The van der Waals surface area contributed by atoms with Gasteiger partial charge < -0.3 is 14.8 Å². The van der Waals surface area contributed by atoms with Crippen molar-refractivity contribution in [2.24, 2.45) is 0 Å². The second kappa shape index (κ2) is 10.8. The fourth-order valence-electron chi connectivity index (χ4n) is 4.50. The van der Waals surface area contributed by atoms with Gasteiger partial charge in [0.2, 0.25) is 15.9 Å². The van der Waals surface area contributed by atoms with Gasteiger partial charge in [-0.05, 0) is 42.5 Å². The lowest BCUT2D eigenvalue weighted by molar-refractivity contribution is -0.121. The molecule has 0 aliphatic carbocycles. The van der Waals surface area contributed by atoms with Crippen LogP contribution in [0.5, 0.6) is 0 Å². The Kier molecular flexibility index (Phi) is 7.80. The number of aryl methyl sites for hydroxylation is 1. The number of hydrogen-bond donors (Lipinski definition) is 1. The van der Waals surface area contributed by atoms with E-state index in [1.54, 1.807) is 24.3 Å². The Labute approximate surface area is 196 Å². The monoisotopic (exact) mass is 472 g/mol. The molecule has 2 aromatic carbocycles. The predicted octanol–water partition coefficient (Wildman–Crippen LogP) is 2.50. The average Bonchev–Trinajstić information content (AvgIpc) is 2.88. The van der Waals surface area contributed by atoms with E-state index in [9.17, 15) is 13.2 Å². The Morgan fingerprint density at radius 2 is 1.55 bits per heavy atom. The van der Waals surface area contributed by atoms with Gasteiger partial charge in [-0.1, -0.05) is 42.5 Å². The van der Waals surface area contributed by atoms with Gasteiger partial charge >= 0.3 is 0 Å². The highest BCUT2D eigenvalue weighted by molar-refractivity contribution is 7.89. The van der Waals surface area contributed by atoms with E-state index in [0.717, 1.165) is 18.4 Å². The smallest absolute Gasteiger partial charge is 0.243 e. The molecule has 7 nitrogen and oxygen atoms in total. The summed E-state index contributed by atoms with van der Waals surface area (Å²) in [6.07, 6.45) is 2.69. The molecule has 0 radical (unpaired) electrons. The minimum Gasteiger partial charge on any atom is -0.381 e. The molecule has 0 spiro atoms. The van der Waals surface area contributed by atoms with Crippen LogP contribution in [0.2, 0.25) is 0 Å². The molecule has 2 aliphatic heterocycles. The van der Waals surface area contributed by atoms with E-state index >= 15 is 0 Å². The summed E-state index contributed by atoms with van der Waals surface area (Å²) in [5.74, 6) is 0.00168. The molecule has 0 saturated carbocycles. The first-order valence-electron chi connectivity index (χ1n) is 11.6. The summed E-state index contributed by atoms with van der Waals surface area (Å²) >= 11 is 0. The fraction of sp³-hybridized carbons (Fsp3) is 0.480. The highest BCUT2D eigenvalue weighted by Crippen LogP contribution is 2.34. The second-order valence-electron chi connectivity index (χ2n) is 8.70. The van der Waals surface area contributed by atoms with Crippen molar-refractivity contribution in [3.8, 4) is 0 Å². The molecule has 178 valence electrons. The molecule has 2 saturated heterocycles. The minimum atomic E-state index is -3.50. The third-order valence-corrected chi connectivity index (χ3v) is 8.54. The molecule has 8 heteroatoms. The van der Waals surface area contributed by atoms with Gasteiger partial charge in [-0.15, -0.1) is 0 Å². The number of amides is 1. The zero-order valence-electron chi connectivity index (χ0n) is 18.9. The molecule has 1 N–H and O–H groups in total. The Bertz CT molecular complexity index is 1010. The van der Waals surface area contributed by atoms with E-state index in [0.29, 0.717) is 58.9 Å². The van der Waals surface area contributed by atoms with Crippen LogP contribution in [-0.2, 0) is 36.1 Å². The number of nitrogens with one attached hydrogen (secondary N) is 1. The lowest BCUT2D eigenvalue weighted by atomic mass is 9.74. The van der Waals surface area contributed by atoms with E-state index in [2.05, 4.69) is 17.4 Å². The Morgan fingerprint density at radius 1 is 0.909 bits per heavy atom. The van der Waals surface area contributed by atoms with Gasteiger partial charge in [0.15, 0.2) is 0 Å². The molecular formula is C25H32N2O5S. The van der Waals surface area contributed by atoms with Crippen molar-refractivity contribution in [3.63, 3.8) is 0 Å². The summed E-state index contributed by atoms with van der Waals surface area (Å²) < 4.78 is 37.8. The van der Waals surface area contributed by atoms with Crippen molar-refractivity contribution in [2.45, 2.75) is 36.0 Å². The number of hydrogen-bond acceptors (Lipinski definition) is 5. The van der Waals surface area contributed by atoms with Gasteiger partial charge in [0.05, 0.1) is 18.1 Å². The number of benzene rings is 2. The predicted molar refractivity (Wildman–Crippen MR) is 126 cm³/mol. The van der Waals surface area contributed by atoms with E-state index in [4.69, 9.17) is 9.47 Å². The first-order chi connectivity index (χ1) is 16.0. The van der Waals surface area contributed by atoms with Crippen LogP contribution in [0.3, 0.4) is 0 Å². The maximum Gasteiger partial charge on any atom is 0.243 e. The molecule has 2 heterocycles. The van der Waals surface area contributed by atoms with Crippen molar-refractivity contribution in [1.82, 2.24) is 9.62 Å². The average molecular weight is 473 g/mol. The Hall–Kier alpha value is -2.26. The molecule has 33 heavy (non-hydrogen) atoms. The maximum absolute atomic E-state index is 12.7. The second-order valence-corrected chi connectivity index (χ2v) is 10.6. The minimum absolute atomic E-state index is 0.00168. The summed E-state index contributed by atoms with van der Waals surface area (Å²) in [6.45, 7) is 3.59. The number of nitrogens with zero attached hydrogens (tertiary/aromatic N) is 1. The number of carbonyl (C=O) groups excluding carboxylic acids is 1. The van der Waals surface area contributed by atoms with Crippen molar-refractivity contribution in [3.05, 3.63) is 65.7 Å². The molecule has 4 rings (SSSR count). The topological polar surface area (TPSA) is 84.9 Å². The first kappa shape index (κ1) is 23.9. The third-order valence-electron chi connectivity index (χ3n) is 6.63. The lowest BCUT2D eigenvalue weighted by Crippen LogP contribution is -2.44. The van der Waals surface area contributed by atoms with Gasteiger partial charge in [0.1, 0.15) is 0 Å². The van der Waals surface area contributed by atoms with Crippen LogP contribution in [-0.4, -0.2) is 64.7 Å². The van der Waals surface area contributed by atoms with Crippen LogP contribution in [0.25, 0.3) is 0 Å². The zero-order chi connectivity index (χ0) is 23.2. The highest BCUT2D eigenvalue weighted by Gasteiger charge is 2.34. The summed E-state index contributed by atoms with van der Waals surface area (Å²) in [4.78, 5) is 12.9. The van der Waals surface area contributed by atoms with E-state index in [1.165, 1.54) is 9.87 Å². The van der Waals surface area contributed by atoms with Crippen LogP contribution >= 0.6 is 0 Å². The van der Waals surface area contributed by atoms with E-state index < -0.39 is 10.0 Å². The highest BCUT2D eigenvalue weighted by atomic mass is 32.2. The molecule has 1 amide bonds. The van der Waals surface area contributed by atoms with Crippen LogP contribution in [0.4, 0.5) is 0 Å². The molecule has 2 aliphatic rings. The number of morpholine rings is 1. The summed E-state index contributed by atoms with van der Waals surface area (Å²) in [5, 5.41) is 3.13. The normalized spacial score (nSPS) is 19.2. The summed E-state index contributed by atoms with van der Waals surface area (Å²) in [5.41, 5.74) is 2.09.